The molecule has 0 unspecified atom stereocenters. The molecule has 4 heteroatoms. The van der Waals surface area contributed by atoms with Gasteiger partial charge in [0.1, 0.15) is 11.6 Å². The topological polar surface area (TPSA) is 60.2 Å². The van der Waals surface area contributed by atoms with E-state index < -0.39 is 0 Å². The van der Waals surface area contributed by atoms with Crippen LogP contribution in [0.4, 0.5) is 17.2 Å². The number of nitrogens with zero attached hydrogens (tertiary/aromatic N) is 1. The van der Waals surface area contributed by atoms with Crippen LogP contribution in [-0.4, -0.2) is 11.6 Å². The monoisotopic (exact) mass is 271 g/mol. The second-order valence-corrected chi connectivity index (χ2v) is 4.72. The molecule has 0 amide bonds. The van der Waals surface area contributed by atoms with Gasteiger partial charge in [-0.2, -0.15) is 0 Å². The summed E-state index contributed by atoms with van der Waals surface area (Å²) in [6.45, 7) is 4.81. The second-order valence-electron chi connectivity index (χ2n) is 4.72. The van der Waals surface area contributed by atoms with Crippen molar-refractivity contribution in [2.45, 2.75) is 26.7 Å². The number of unbranched alkanes of at least 4 members (excludes halogenated alkanes) is 1. The summed E-state index contributed by atoms with van der Waals surface area (Å²) in [4.78, 5) is 4.38. The van der Waals surface area contributed by atoms with Gasteiger partial charge < -0.3 is 15.8 Å². The Bertz CT molecular complexity index is 552. The number of ether oxygens (including phenoxy) is 1. The molecule has 106 valence electrons. The fourth-order valence-electron chi connectivity index (χ4n) is 1.76. The summed E-state index contributed by atoms with van der Waals surface area (Å²) < 4.78 is 5.63. The first-order valence-electron chi connectivity index (χ1n) is 6.92. The Morgan fingerprint density at radius 2 is 1.90 bits per heavy atom. The van der Waals surface area contributed by atoms with Crippen LogP contribution in [0, 0.1) is 6.92 Å². The van der Waals surface area contributed by atoms with Crippen LogP contribution in [0.3, 0.4) is 0 Å². The van der Waals surface area contributed by atoms with Gasteiger partial charge in [0, 0.05) is 5.69 Å². The second kappa shape index (κ2) is 6.80. The highest BCUT2D eigenvalue weighted by atomic mass is 16.5. The molecule has 0 saturated carbocycles. The molecule has 0 radical (unpaired) electrons. The van der Waals surface area contributed by atoms with E-state index in [0.717, 1.165) is 42.4 Å². The lowest BCUT2D eigenvalue weighted by atomic mass is 10.3. The minimum atomic E-state index is 0.704. The molecule has 1 aromatic heterocycles. The van der Waals surface area contributed by atoms with Crippen LogP contribution in [0.1, 0.15) is 25.5 Å². The number of rotatable bonds is 6. The van der Waals surface area contributed by atoms with Gasteiger partial charge in [-0.1, -0.05) is 13.3 Å². The zero-order valence-corrected chi connectivity index (χ0v) is 12.0. The molecule has 2 aromatic rings. The maximum absolute atomic E-state index is 5.75. The average Bonchev–Trinajstić information content (AvgIpc) is 2.45. The predicted octanol–water partition coefficient (Wildman–Crippen LogP) is 3.89. The lowest BCUT2D eigenvalue weighted by molar-refractivity contribution is 0.309. The van der Waals surface area contributed by atoms with Gasteiger partial charge in [0.05, 0.1) is 18.0 Å². The van der Waals surface area contributed by atoms with E-state index >= 15 is 0 Å². The maximum atomic E-state index is 5.75. The Kier molecular flexibility index (Phi) is 4.82. The fourth-order valence-corrected chi connectivity index (χ4v) is 1.76. The van der Waals surface area contributed by atoms with Crippen LogP contribution in [0.2, 0.25) is 0 Å². The van der Waals surface area contributed by atoms with Gasteiger partial charge in [0.25, 0.3) is 0 Å². The quantitative estimate of drug-likeness (QED) is 0.782. The van der Waals surface area contributed by atoms with Crippen LogP contribution < -0.4 is 15.8 Å². The first-order valence-corrected chi connectivity index (χ1v) is 6.92. The smallest absolute Gasteiger partial charge is 0.130 e. The molecule has 0 saturated heterocycles. The van der Waals surface area contributed by atoms with Crippen LogP contribution in [0.15, 0.2) is 36.4 Å². The molecule has 0 spiro atoms. The molecule has 0 atom stereocenters. The summed E-state index contributed by atoms with van der Waals surface area (Å²) in [7, 11) is 0. The number of hydrogen-bond acceptors (Lipinski definition) is 4. The zero-order chi connectivity index (χ0) is 14.4. The number of nitrogen functional groups attached to an aromatic ring is 1. The largest absolute Gasteiger partial charge is 0.494 e. The molecule has 4 nitrogen and oxygen atoms in total. The third-order valence-electron chi connectivity index (χ3n) is 3.02. The van der Waals surface area contributed by atoms with Crippen LogP contribution in [0.25, 0.3) is 0 Å². The number of nitrogens with two attached hydrogens (primary N) is 1. The molecule has 3 N–H and O–H groups in total. The Balaban J connectivity index is 1.97. The molecule has 0 fully saturated rings. The lowest BCUT2D eigenvalue weighted by Gasteiger charge is -2.09. The van der Waals surface area contributed by atoms with Crippen molar-refractivity contribution < 1.29 is 4.74 Å². The van der Waals surface area contributed by atoms with E-state index in [1.54, 1.807) is 0 Å². The molecule has 0 aliphatic rings. The van der Waals surface area contributed by atoms with Crippen molar-refractivity contribution >= 4 is 17.2 Å². The molecular formula is C16H21N3O. The van der Waals surface area contributed by atoms with Gasteiger partial charge in [-0.05, 0) is 49.7 Å². The molecule has 0 bridgehead atoms. The summed E-state index contributed by atoms with van der Waals surface area (Å²) in [5, 5.41) is 3.24. The van der Waals surface area contributed by atoms with Crippen molar-refractivity contribution in [2.75, 3.05) is 17.7 Å². The molecule has 2 rings (SSSR count). The highest BCUT2D eigenvalue weighted by molar-refractivity contribution is 5.59. The number of anilines is 3. The highest BCUT2D eigenvalue weighted by Gasteiger charge is 2.00. The number of aromatic nitrogens is 1. The molecule has 0 aliphatic carbocycles. The van der Waals surface area contributed by atoms with E-state index in [1.807, 2.05) is 43.3 Å². The Labute approximate surface area is 120 Å². The van der Waals surface area contributed by atoms with Gasteiger partial charge >= 0.3 is 0 Å². The Hall–Kier alpha value is -2.23. The van der Waals surface area contributed by atoms with E-state index in [4.69, 9.17) is 10.5 Å². The summed E-state index contributed by atoms with van der Waals surface area (Å²) in [6.07, 6.45) is 2.22. The van der Waals surface area contributed by atoms with Crippen molar-refractivity contribution in [1.82, 2.24) is 4.98 Å². The number of pyridine rings is 1. The summed E-state index contributed by atoms with van der Waals surface area (Å²) in [6, 6.07) is 11.6. The lowest BCUT2D eigenvalue weighted by Crippen LogP contribution is -1.99. The van der Waals surface area contributed by atoms with Crippen molar-refractivity contribution in [3.05, 3.63) is 42.1 Å². The summed E-state index contributed by atoms with van der Waals surface area (Å²) >= 11 is 0. The highest BCUT2D eigenvalue weighted by Crippen LogP contribution is 2.20. The Morgan fingerprint density at radius 3 is 2.55 bits per heavy atom. The molecule has 0 aliphatic heterocycles. The molecule has 1 heterocycles. The van der Waals surface area contributed by atoms with Crippen LogP contribution in [-0.2, 0) is 0 Å². The SMILES string of the molecule is CCCCOc1ccc(Nc2ccc(N)c(C)n2)cc1. The van der Waals surface area contributed by atoms with Gasteiger partial charge in [0.15, 0.2) is 0 Å². The minimum Gasteiger partial charge on any atom is -0.494 e. The van der Waals surface area contributed by atoms with E-state index in [2.05, 4.69) is 17.2 Å². The van der Waals surface area contributed by atoms with Crippen LogP contribution in [0.5, 0.6) is 5.75 Å². The molecular weight excluding hydrogens is 250 g/mol. The fraction of sp³-hybridized carbons (Fsp3) is 0.312. The van der Waals surface area contributed by atoms with Crippen molar-refractivity contribution in [3.8, 4) is 5.75 Å². The van der Waals surface area contributed by atoms with Crippen molar-refractivity contribution in [2.24, 2.45) is 0 Å². The zero-order valence-electron chi connectivity index (χ0n) is 12.0. The van der Waals surface area contributed by atoms with Gasteiger partial charge in [-0.25, -0.2) is 4.98 Å². The van der Waals surface area contributed by atoms with Gasteiger partial charge in [0.2, 0.25) is 0 Å². The number of benzene rings is 1. The van der Waals surface area contributed by atoms with Crippen LogP contribution >= 0.6 is 0 Å². The number of nitrogens with one attached hydrogen (secondary N) is 1. The van der Waals surface area contributed by atoms with Gasteiger partial charge in [-0.3, -0.25) is 0 Å². The Morgan fingerprint density at radius 1 is 1.15 bits per heavy atom. The van der Waals surface area contributed by atoms with E-state index in [0.29, 0.717) is 5.69 Å². The third kappa shape index (κ3) is 3.88. The molecule has 1 aromatic carbocycles. The van der Waals surface area contributed by atoms with Gasteiger partial charge in [-0.15, -0.1) is 0 Å². The standard InChI is InChI=1S/C16H21N3O/c1-3-4-11-20-14-7-5-13(6-8-14)19-16-10-9-15(17)12(2)18-16/h5-10H,3-4,11,17H2,1-2H3,(H,18,19). The van der Waals surface area contributed by atoms with E-state index in [-0.39, 0.29) is 0 Å². The first-order chi connectivity index (χ1) is 9.69. The predicted molar refractivity (Wildman–Crippen MR) is 83.5 cm³/mol. The summed E-state index contributed by atoms with van der Waals surface area (Å²) in [5.41, 5.74) is 8.26. The van der Waals surface area contributed by atoms with Crippen molar-refractivity contribution in [3.63, 3.8) is 0 Å². The number of hydrogen-bond donors (Lipinski definition) is 2. The van der Waals surface area contributed by atoms with E-state index in [9.17, 15) is 0 Å². The first kappa shape index (κ1) is 14.2. The third-order valence-corrected chi connectivity index (χ3v) is 3.02. The van der Waals surface area contributed by atoms with Crippen molar-refractivity contribution in [1.29, 1.82) is 0 Å². The summed E-state index contributed by atoms with van der Waals surface area (Å²) in [5.74, 6) is 1.68. The average molecular weight is 271 g/mol. The minimum absolute atomic E-state index is 0.704. The van der Waals surface area contributed by atoms with E-state index in [1.165, 1.54) is 0 Å². The number of aryl methyl sites for hydroxylation is 1. The molecule has 20 heavy (non-hydrogen) atoms. The maximum Gasteiger partial charge on any atom is 0.130 e. The normalized spacial score (nSPS) is 10.3.